The number of nitrogens with one attached hydrogen (secondary N) is 2. The first-order valence-corrected chi connectivity index (χ1v) is 11.4. The predicted octanol–water partition coefficient (Wildman–Crippen LogP) is 3.97. The van der Waals surface area contributed by atoms with Gasteiger partial charge in [0.05, 0.1) is 6.04 Å². The molecule has 1 fully saturated rings. The normalized spacial score (nSPS) is 16.3. The third-order valence-electron chi connectivity index (χ3n) is 5.35. The number of hydrogen-bond acceptors (Lipinski definition) is 4. The van der Waals surface area contributed by atoms with Gasteiger partial charge in [-0.1, -0.05) is 54.9 Å². The summed E-state index contributed by atoms with van der Waals surface area (Å²) in [6.07, 6.45) is 9.17. The lowest BCUT2D eigenvalue weighted by Crippen LogP contribution is -2.39. The van der Waals surface area contributed by atoms with Crippen LogP contribution in [0.1, 0.15) is 62.5 Å². The molecule has 1 aliphatic rings. The Morgan fingerprint density at radius 1 is 1.25 bits per heavy atom. The molecule has 0 saturated heterocycles. The summed E-state index contributed by atoms with van der Waals surface area (Å²) >= 11 is 1.70. The van der Waals surface area contributed by atoms with Gasteiger partial charge in [-0.2, -0.15) is 0 Å². The molecular weight excluding hydrogens is 368 g/mol. The Labute approximate surface area is 172 Å². The van der Waals surface area contributed by atoms with Crippen molar-refractivity contribution in [2.75, 3.05) is 19.8 Å². The lowest BCUT2D eigenvalue weighted by molar-refractivity contribution is 0.460. The Kier molecular flexibility index (Phi) is 7.77. The molecule has 152 valence electrons. The van der Waals surface area contributed by atoms with Crippen LogP contribution >= 0.6 is 11.8 Å². The number of rotatable bonds is 8. The van der Waals surface area contributed by atoms with Gasteiger partial charge in [-0.3, -0.25) is 4.99 Å². The number of aliphatic imine (C=N–C) groups is 1. The van der Waals surface area contributed by atoms with E-state index in [1.165, 1.54) is 31.2 Å². The topological polar surface area (TPSA) is 67.1 Å². The van der Waals surface area contributed by atoms with Gasteiger partial charge in [-0.05, 0) is 38.0 Å². The maximum Gasteiger partial charge on any atom is 0.191 e. The molecule has 1 aliphatic carbocycles. The van der Waals surface area contributed by atoms with Crippen LogP contribution in [0.15, 0.2) is 40.5 Å². The molecule has 1 heterocycles. The molecule has 28 heavy (non-hydrogen) atoms. The van der Waals surface area contributed by atoms with Crippen molar-refractivity contribution in [1.82, 2.24) is 25.4 Å². The van der Waals surface area contributed by atoms with Gasteiger partial charge in [-0.15, -0.1) is 10.2 Å². The van der Waals surface area contributed by atoms with E-state index >= 15 is 0 Å². The predicted molar refractivity (Wildman–Crippen MR) is 117 cm³/mol. The second-order valence-corrected chi connectivity index (χ2v) is 8.06. The van der Waals surface area contributed by atoms with Gasteiger partial charge < -0.3 is 15.2 Å². The fourth-order valence-electron chi connectivity index (χ4n) is 3.82. The Balaban J connectivity index is 1.49. The zero-order valence-electron chi connectivity index (χ0n) is 17.2. The number of thioether (sulfide) groups is 1. The van der Waals surface area contributed by atoms with Crippen LogP contribution < -0.4 is 10.6 Å². The van der Waals surface area contributed by atoms with Crippen LogP contribution in [0, 0.1) is 0 Å². The van der Waals surface area contributed by atoms with Crippen molar-refractivity contribution in [1.29, 1.82) is 0 Å². The lowest BCUT2D eigenvalue weighted by Gasteiger charge is -2.19. The van der Waals surface area contributed by atoms with Crippen molar-refractivity contribution in [2.24, 2.45) is 4.99 Å². The van der Waals surface area contributed by atoms with E-state index in [1.54, 1.807) is 11.8 Å². The van der Waals surface area contributed by atoms with Crippen LogP contribution in [-0.2, 0) is 6.42 Å². The van der Waals surface area contributed by atoms with Crippen molar-refractivity contribution in [3.05, 3.63) is 41.7 Å². The summed E-state index contributed by atoms with van der Waals surface area (Å²) in [7, 11) is 1.81. The van der Waals surface area contributed by atoms with Crippen LogP contribution in [0.25, 0.3) is 0 Å². The molecule has 0 bridgehead atoms. The number of hydrogen-bond donors (Lipinski definition) is 2. The Hall–Kier alpha value is -2.02. The maximum absolute atomic E-state index is 4.47. The van der Waals surface area contributed by atoms with Crippen LogP contribution in [0.4, 0.5) is 0 Å². The fourth-order valence-corrected chi connectivity index (χ4v) is 4.40. The zero-order chi connectivity index (χ0) is 19.8. The number of aryl methyl sites for hydroxylation is 1. The van der Waals surface area contributed by atoms with E-state index in [0.29, 0.717) is 6.04 Å². The minimum absolute atomic E-state index is 0.210. The standard InChI is InChI=1S/C21H32N6S/c1-16(17-10-5-4-6-11-17)24-20(22-2)23-15-9-14-19-25-26-21(28-3)27(19)18-12-7-8-13-18/h4-6,10-11,16,18H,7-9,12-15H2,1-3H3,(H2,22,23,24). The minimum Gasteiger partial charge on any atom is -0.356 e. The van der Waals surface area contributed by atoms with E-state index in [2.05, 4.69) is 67.8 Å². The first-order chi connectivity index (χ1) is 13.7. The highest BCUT2D eigenvalue weighted by Crippen LogP contribution is 2.33. The van der Waals surface area contributed by atoms with Crippen LogP contribution in [-0.4, -0.2) is 40.6 Å². The van der Waals surface area contributed by atoms with E-state index < -0.39 is 0 Å². The van der Waals surface area contributed by atoms with Crippen LogP contribution in [0.2, 0.25) is 0 Å². The summed E-state index contributed by atoms with van der Waals surface area (Å²) in [4.78, 5) is 4.35. The summed E-state index contributed by atoms with van der Waals surface area (Å²) in [6.45, 7) is 3.00. The molecular formula is C21H32N6S. The Morgan fingerprint density at radius 3 is 2.68 bits per heavy atom. The van der Waals surface area contributed by atoms with Crippen molar-refractivity contribution in [2.45, 2.75) is 62.7 Å². The van der Waals surface area contributed by atoms with E-state index in [0.717, 1.165) is 36.3 Å². The quantitative estimate of drug-likeness (QED) is 0.304. The highest BCUT2D eigenvalue weighted by molar-refractivity contribution is 7.98. The molecule has 1 atom stereocenters. The maximum atomic E-state index is 4.47. The summed E-state index contributed by atoms with van der Waals surface area (Å²) in [5.74, 6) is 1.96. The van der Waals surface area contributed by atoms with Gasteiger partial charge in [0.2, 0.25) is 0 Å². The third kappa shape index (κ3) is 5.28. The first kappa shape index (κ1) is 20.7. The molecule has 7 heteroatoms. The van der Waals surface area contributed by atoms with Crippen molar-refractivity contribution in [3.8, 4) is 0 Å². The van der Waals surface area contributed by atoms with Gasteiger partial charge in [-0.25, -0.2) is 0 Å². The highest BCUT2D eigenvalue weighted by Gasteiger charge is 2.23. The fraction of sp³-hybridized carbons (Fsp3) is 0.571. The number of aromatic nitrogens is 3. The Morgan fingerprint density at radius 2 is 2.00 bits per heavy atom. The first-order valence-electron chi connectivity index (χ1n) is 10.2. The van der Waals surface area contributed by atoms with E-state index in [-0.39, 0.29) is 6.04 Å². The summed E-state index contributed by atoms with van der Waals surface area (Å²) in [5.41, 5.74) is 1.25. The molecule has 1 aromatic heterocycles. The largest absolute Gasteiger partial charge is 0.356 e. The van der Waals surface area contributed by atoms with Gasteiger partial charge in [0.1, 0.15) is 5.82 Å². The zero-order valence-corrected chi connectivity index (χ0v) is 18.0. The molecule has 1 aromatic carbocycles. The second kappa shape index (κ2) is 10.5. The molecule has 1 unspecified atom stereocenters. The van der Waals surface area contributed by atoms with Gasteiger partial charge >= 0.3 is 0 Å². The minimum atomic E-state index is 0.210. The van der Waals surface area contributed by atoms with E-state index in [1.807, 2.05) is 13.1 Å². The molecule has 6 nitrogen and oxygen atoms in total. The van der Waals surface area contributed by atoms with Crippen LogP contribution in [0.3, 0.4) is 0 Å². The molecule has 2 N–H and O–H groups in total. The molecule has 2 aromatic rings. The van der Waals surface area contributed by atoms with Crippen LogP contribution in [0.5, 0.6) is 0 Å². The molecule has 0 amide bonds. The summed E-state index contributed by atoms with van der Waals surface area (Å²) in [6, 6.07) is 11.2. The van der Waals surface area contributed by atoms with E-state index in [4.69, 9.17) is 0 Å². The monoisotopic (exact) mass is 400 g/mol. The van der Waals surface area contributed by atoms with Crippen molar-refractivity contribution < 1.29 is 0 Å². The van der Waals surface area contributed by atoms with Crippen molar-refractivity contribution in [3.63, 3.8) is 0 Å². The molecule has 0 spiro atoms. The summed E-state index contributed by atoms with van der Waals surface area (Å²) < 4.78 is 2.39. The molecule has 0 radical (unpaired) electrons. The van der Waals surface area contributed by atoms with Gasteiger partial charge in [0.25, 0.3) is 0 Å². The van der Waals surface area contributed by atoms with Gasteiger partial charge in [0, 0.05) is 26.1 Å². The third-order valence-corrected chi connectivity index (χ3v) is 6.00. The smallest absolute Gasteiger partial charge is 0.191 e. The highest BCUT2D eigenvalue weighted by atomic mass is 32.2. The average molecular weight is 401 g/mol. The van der Waals surface area contributed by atoms with Crippen molar-refractivity contribution >= 4 is 17.7 Å². The number of guanidine groups is 1. The van der Waals surface area contributed by atoms with Gasteiger partial charge in [0.15, 0.2) is 11.1 Å². The molecule has 0 aliphatic heterocycles. The number of benzene rings is 1. The Bertz CT molecular complexity index is 752. The summed E-state index contributed by atoms with van der Waals surface area (Å²) in [5, 5.41) is 16.8. The number of nitrogens with zero attached hydrogens (tertiary/aromatic N) is 4. The lowest BCUT2D eigenvalue weighted by atomic mass is 10.1. The van der Waals surface area contributed by atoms with E-state index in [9.17, 15) is 0 Å². The molecule has 1 saturated carbocycles. The SMILES string of the molecule is CN=C(NCCCc1nnc(SC)n1C1CCCC1)NC(C)c1ccccc1. The second-order valence-electron chi connectivity index (χ2n) is 7.29. The average Bonchev–Trinajstić information content (AvgIpc) is 3.39. The molecule has 3 rings (SSSR count).